The summed E-state index contributed by atoms with van der Waals surface area (Å²) in [5.41, 5.74) is 0.963. The van der Waals surface area contributed by atoms with Gasteiger partial charge in [-0.1, -0.05) is 0 Å². The summed E-state index contributed by atoms with van der Waals surface area (Å²) < 4.78 is 43.1. The van der Waals surface area contributed by atoms with E-state index in [4.69, 9.17) is 14.2 Å². The van der Waals surface area contributed by atoms with Crippen molar-refractivity contribution < 1.29 is 37.0 Å². The molecule has 0 spiro atoms. The summed E-state index contributed by atoms with van der Waals surface area (Å²) in [6, 6.07) is 10.3. The second kappa shape index (κ2) is 11.3. The van der Waals surface area contributed by atoms with Gasteiger partial charge in [-0.15, -0.1) is 0 Å². The van der Waals surface area contributed by atoms with E-state index in [-0.39, 0.29) is 48.4 Å². The third kappa shape index (κ3) is 6.56. The predicted octanol–water partition coefficient (Wildman–Crippen LogP) is 1.86. The number of hydrogen-bond acceptors (Lipinski definition) is 8. The first-order valence-electron chi connectivity index (χ1n) is 10.8. The Morgan fingerprint density at radius 1 is 1.00 bits per heavy atom. The number of esters is 1. The van der Waals surface area contributed by atoms with Gasteiger partial charge in [0.25, 0.3) is 5.91 Å². The van der Waals surface area contributed by atoms with Crippen molar-refractivity contribution >= 4 is 39.2 Å². The number of hydrogen-bond donors (Lipinski definition) is 2. The van der Waals surface area contributed by atoms with Crippen molar-refractivity contribution in [2.75, 3.05) is 44.0 Å². The lowest BCUT2D eigenvalue weighted by atomic mass is 10.2. The summed E-state index contributed by atoms with van der Waals surface area (Å²) in [6.45, 7) is 3.69. The maximum atomic E-state index is 13.1. The molecule has 0 aromatic heterocycles. The summed E-state index contributed by atoms with van der Waals surface area (Å²) in [7, 11) is -2.61. The molecule has 1 atom stereocenters. The topological polar surface area (TPSA) is 140 Å². The van der Waals surface area contributed by atoms with E-state index in [0.29, 0.717) is 11.4 Å². The molecular formula is C23H27N3O8S. The smallest absolute Gasteiger partial charge is 0.338 e. The first kappa shape index (κ1) is 26.1. The average molecular weight is 506 g/mol. The lowest BCUT2D eigenvalue weighted by Crippen LogP contribution is -2.40. The Morgan fingerprint density at radius 2 is 1.60 bits per heavy atom. The highest BCUT2D eigenvalue weighted by Crippen LogP contribution is 2.29. The molecule has 1 fully saturated rings. The van der Waals surface area contributed by atoms with E-state index in [0.717, 1.165) is 0 Å². The number of nitrogens with zero attached hydrogens (tertiary/aromatic N) is 1. The normalized spacial score (nSPS) is 15.1. The van der Waals surface area contributed by atoms with Gasteiger partial charge in [0.1, 0.15) is 10.6 Å². The highest BCUT2D eigenvalue weighted by molar-refractivity contribution is 7.89. The van der Waals surface area contributed by atoms with Crippen LogP contribution >= 0.6 is 0 Å². The molecule has 2 aromatic rings. The molecule has 1 heterocycles. The van der Waals surface area contributed by atoms with Crippen molar-refractivity contribution in [1.82, 2.24) is 4.31 Å². The van der Waals surface area contributed by atoms with E-state index in [1.807, 2.05) is 0 Å². The van der Waals surface area contributed by atoms with Gasteiger partial charge in [0, 0.05) is 31.4 Å². The van der Waals surface area contributed by atoms with E-state index in [1.165, 1.54) is 43.5 Å². The Bertz CT molecular complexity index is 1190. The van der Waals surface area contributed by atoms with Gasteiger partial charge in [0.05, 0.1) is 25.9 Å². The van der Waals surface area contributed by atoms with Crippen molar-refractivity contribution in [3.05, 3.63) is 48.0 Å². The number of rotatable bonds is 8. The van der Waals surface area contributed by atoms with Gasteiger partial charge in [-0.25, -0.2) is 13.2 Å². The molecule has 0 unspecified atom stereocenters. The molecule has 0 aliphatic carbocycles. The fourth-order valence-corrected chi connectivity index (χ4v) is 4.89. The van der Waals surface area contributed by atoms with Crippen LogP contribution in [-0.4, -0.2) is 70.0 Å². The number of amides is 2. The Kier molecular flexibility index (Phi) is 8.43. The molecule has 2 N–H and O–H groups in total. The fourth-order valence-electron chi connectivity index (χ4n) is 3.30. The van der Waals surface area contributed by atoms with Crippen molar-refractivity contribution in [2.45, 2.75) is 24.8 Å². The number of morpholine rings is 1. The minimum absolute atomic E-state index is 0.0445. The molecule has 2 aromatic carbocycles. The largest absolute Gasteiger partial charge is 0.495 e. The lowest BCUT2D eigenvalue weighted by molar-refractivity contribution is -0.123. The van der Waals surface area contributed by atoms with E-state index in [1.54, 1.807) is 24.3 Å². The van der Waals surface area contributed by atoms with Gasteiger partial charge >= 0.3 is 5.97 Å². The minimum Gasteiger partial charge on any atom is -0.495 e. The molecule has 188 valence electrons. The van der Waals surface area contributed by atoms with Crippen LogP contribution in [0.1, 0.15) is 24.2 Å². The van der Waals surface area contributed by atoms with E-state index in [9.17, 15) is 22.8 Å². The molecule has 1 aliphatic heterocycles. The Labute approximate surface area is 203 Å². The monoisotopic (exact) mass is 505 g/mol. The molecule has 11 nitrogen and oxygen atoms in total. The standard InChI is InChI=1S/C23H27N3O8S/c1-15(22(28)25-19-7-5-18(6-8-19)24-16(2)27)34-23(29)17-4-9-20(32-3)21(14-17)35(30,31)26-10-12-33-13-11-26/h4-9,14-15H,10-13H2,1-3H3,(H,24,27)(H,25,28)/t15-/m0/s1. The average Bonchev–Trinajstić information content (AvgIpc) is 2.84. The maximum Gasteiger partial charge on any atom is 0.338 e. The number of methoxy groups -OCH3 is 1. The van der Waals surface area contributed by atoms with Gasteiger partial charge in [-0.05, 0) is 49.4 Å². The summed E-state index contributed by atoms with van der Waals surface area (Å²) in [5, 5.41) is 5.23. The molecule has 0 bridgehead atoms. The Hall–Kier alpha value is -3.48. The third-order valence-electron chi connectivity index (χ3n) is 5.11. The van der Waals surface area contributed by atoms with Gasteiger partial charge in [-0.2, -0.15) is 4.31 Å². The van der Waals surface area contributed by atoms with Crippen LogP contribution in [0.15, 0.2) is 47.4 Å². The first-order valence-corrected chi connectivity index (χ1v) is 12.2. The van der Waals surface area contributed by atoms with E-state index < -0.39 is 28.0 Å². The van der Waals surface area contributed by atoms with Crippen LogP contribution in [0.5, 0.6) is 5.75 Å². The molecule has 3 rings (SSSR count). The maximum absolute atomic E-state index is 13.1. The summed E-state index contributed by atoms with van der Waals surface area (Å²) in [6.07, 6.45) is -1.17. The number of nitrogens with one attached hydrogen (secondary N) is 2. The zero-order chi connectivity index (χ0) is 25.6. The summed E-state index contributed by atoms with van der Waals surface area (Å²) >= 11 is 0. The predicted molar refractivity (Wildman–Crippen MR) is 127 cm³/mol. The van der Waals surface area contributed by atoms with Gasteiger partial charge in [0.2, 0.25) is 15.9 Å². The lowest BCUT2D eigenvalue weighted by Gasteiger charge is -2.26. The van der Waals surface area contributed by atoms with Crippen molar-refractivity contribution in [3.63, 3.8) is 0 Å². The number of carbonyl (C=O) groups excluding carboxylic acids is 3. The van der Waals surface area contributed by atoms with Crippen LogP contribution in [0.3, 0.4) is 0 Å². The van der Waals surface area contributed by atoms with Crippen LogP contribution in [-0.2, 0) is 29.1 Å². The SMILES string of the molecule is COc1ccc(C(=O)O[C@@H](C)C(=O)Nc2ccc(NC(C)=O)cc2)cc1S(=O)(=O)N1CCOCC1. The van der Waals surface area contributed by atoms with Crippen LogP contribution in [0.4, 0.5) is 11.4 Å². The van der Waals surface area contributed by atoms with E-state index in [2.05, 4.69) is 10.6 Å². The molecular weight excluding hydrogens is 478 g/mol. The zero-order valence-electron chi connectivity index (χ0n) is 19.6. The van der Waals surface area contributed by atoms with Crippen LogP contribution < -0.4 is 15.4 Å². The number of benzene rings is 2. The Morgan fingerprint density at radius 3 is 2.17 bits per heavy atom. The van der Waals surface area contributed by atoms with Crippen molar-refractivity contribution in [3.8, 4) is 5.75 Å². The van der Waals surface area contributed by atoms with Gasteiger partial charge in [-0.3, -0.25) is 9.59 Å². The third-order valence-corrected chi connectivity index (χ3v) is 7.03. The molecule has 0 saturated carbocycles. The zero-order valence-corrected chi connectivity index (χ0v) is 20.4. The molecule has 2 amide bonds. The van der Waals surface area contributed by atoms with Gasteiger partial charge in [0.15, 0.2) is 6.10 Å². The molecule has 35 heavy (non-hydrogen) atoms. The molecule has 12 heteroatoms. The van der Waals surface area contributed by atoms with Crippen LogP contribution in [0.25, 0.3) is 0 Å². The second-order valence-electron chi connectivity index (χ2n) is 7.68. The molecule has 1 saturated heterocycles. The minimum atomic E-state index is -3.94. The number of carbonyl (C=O) groups is 3. The number of anilines is 2. The van der Waals surface area contributed by atoms with Crippen molar-refractivity contribution in [2.24, 2.45) is 0 Å². The second-order valence-corrected chi connectivity index (χ2v) is 9.58. The summed E-state index contributed by atoms with van der Waals surface area (Å²) in [4.78, 5) is 36.1. The summed E-state index contributed by atoms with van der Waals surface area (Å²) in [5.74, 6) is -1.58. The highest BCUT2D eigenvalue weighted by Gasteiger charge is 2.30. The quantitative estimate of drug-likeness (QED) is 0.518. The van der Waals surface area contributed by atoms with Gasteiger partial charge < -0.3 is 24.8 Å². The molecule has 0 radical (unpaired) electrons. The first-order chi connectivity index (χ1) is 16.6. The molecule has 1 aliphatic rings. The fraction of sp³-hybridized carbons (Fsp3) is 0.348. The number of sulfonamides is 1. The Balaban J connectivity index is 1.70. The highest BCUT2D eigenvalue weighted by atomic mass is 32.2. The van der Waals surface area contributed by atoms with Crippen LogP contribution in [0.2, 0.25) is 0 Å². The van der Waals surface area contributed by atoms with E-state index >= 15 is 0 Å². The number of ether oxygens (including phenoxy) is 3. The van der Waals surface area contributed by atoms with Crippen LogP contribution in [0, 0.1) is 0 Å². The van der Waals surface area contributed by atoms with Crippen molar-refractivity contribution in [1.29, 1.82) is 0 Å².